The minimum absolute atomic E-state index is 0.163. The highest BCUT2D eigenvalue weighted by molar-refractivity contribution is 7.15. The molecule has 0 unspecified atom stereocenters. The standard InChI is InChI=1S/C20H15F2N3OS/c1-12-8-15(22)6-7-17(12)23-19(26)9-16-11-27-20-24-18(10-25(16)20)13-2-4-14(21)5-3-13/h2-8,10-11H,9H2,1H3,(H,23,26). The van der Waals surface area contributed by atoms with E-state index in [0.717, 1.165) is 21.9 Å². The van der Waals surface area contributed by atoms with Gasteiger partial charge in [-0.05, 0) is 55.0 Å². The number of anilines is 1. The molecular formula is C20H15F2N3OS. The molecule has 4 nitrogen and oxygen atoms in total. The highest BCUT2D eigenvalue weighted by Gasteiger charge is 2.13. The molecule has 0 fully saturated rings. The number of aryl methyl sites for hydroxylation is 1. The van der Waals surface area contributed by atoms with Crippen molar-refractivity contribution < 1.29 is 13.6 Å². The summed E-state index contributed by atoms with van der Waals surface area (Å²) in [5.74, 6) is -0.827. The molecule has 4 aromatic rings. The Morgan fingerprint density at radius 2 is 1.89 bits per heavy atom. The predicted octanol–water partition coefficient (Wildman–Crippen LogP) is 4.83. The first-order chi connectivity index (χ1) is 13.0. The number of nitrogens with zero attached hydrogens (tertiary/aromatic N) is 2. The van der Waals surface area contributed by atoms with E-state index in [9.17, 15) is 13.6 Å². The van der Waals surface area contributed by atoms with Crippen molar-refractivity contribution in [3.63, 3.8) is 0 Å². The van der Waals surface area contributed by atoms with E-state index in [-0.39, 0.29) is 24.0 Å². The van der Waals surface area contributed by atoms with Crippen molar-refractivity contribution in [2.75, 3.05) is 5.32 Å². The van der Waals surface area contributed by atoms with Crippen LogP contribution in [0.25, 0.3) is 16.2 Å². The van der Waals surface area contributed by atoms with Crippen molar-refractivity contribution >= 4 is 27.9 Å². The van der Waals surface area contributed by atoms with Crippen LogP contribution in [0.3, 0.4) is 0 Å². The zero-order chi connectivity index (χ0) is 19.0. The first kappa shape index (κ1) is 17.4. The van der Waals surface area contributed by atoms with Gasteiger partial charge in [0.15, 0.2) is 4.96 Å². The summed E-state index contributed by atoms with van der Waals surface area (Å²) in [5, 5.41) is 4.69. The Morgan fingerprint density at radius 3 is 2.63 bits per heavy atom. The predicted molar refractivity (Wildman–Crippen MR) is 102 cm³/mol. The van der Waals surface area contributed by atoms with Crippen LogP contribution in [0.2, 0.25) is 0 Å². The number of hydrogen-bond donors (Lipinski definition) is 1. The number of carbonyl (C=O) groups is 1. The summed E-state index contributed by atoms with van der Waals surface area (Å²) in [5.41, 5.74) is 3.58. The van der Waals surface area contributed by atoms with Gasteiger partial charge < -0.3 is 5.32 Å². The molecule has 0 saturated carbocycles. The zero-order valence-electron chi connectivity index (χ0n) is 14.4. The molecule has 4 rings (SSSR count). The Kier molecular flexibility index (Phi) is 4.45. The zero-order valence-corrected chi connectivity index (χ0v) is 15.2. The van der Waals surface area contributed by atoms with E-state index in [0.29, 0.717) is 11.3 Å². The lowest BCUT2D eigenvalue weighted by atomic mass is 10.2. The minimum atomic E-state index is -0.336. The first-order valence-corrected chi connectivity index (χ1v) is 9.15. The van der Waals surface area contributed by atoms with Crippen LogP contribution in [0, 0.1) is 18.6 Å². The van der Waals surface area contributed by atoms with Gasteiger partial charge in [-0.2, -0.15) is 0 Å². The number of imidazole rings is 1. The van der Waals surface area contributed by atoms with Crippen LogP contribution in [-0.4, -0.2) is 15.3 Å². The maximum absolute atomic E-state index is 13.2. The van der Waals surface area contributed by atoms with Crippen LogP contribution in [0.1, 0.15) is 11.3 Å². The van der Waals surface area contributed by atoms with Gasteiger partial charge in [-0.1, -0.05) is 0 Å². The third kappa shape index (κ3) is 3.59. The van der Waals surface area contributed by atoms with Crippen LogP contribution in [0.5, 0.6) is 0 Å². The number of thiazole rings is 1. The van der Waals surface area contributed by atoms with Gasteiger partial charge in [0.2, 0.25) is 5.91 Å². The first-order valence-electron chi connectivity index (χ1n) is 8.27. The van der Waals surface area contributed by atoms with Gasteiger partial charge in [0, 0.05) is 28.5 Å². The summed E-state index contributed by atoms with van der Waals surface area (Å²) in [6.07, 6.45) is 2.00. The second-order valence-electron chi connectivity index (χ2n) is 6.20. The molecule has 0 aliphatic carbocycles. The molecule has 1 N–H and O–H groups in total. The average Bonchev–Trinajstić information content (AvgIpc) is 3.20. The quantitative estimate of drug-likeness (QED) is 0.549. The third-order valence-electron chi connectivity index (χ3n) is 4.23. The Hall–Kier alpha value is -3.06. The minimum Gasteiger partial charge on any atom is -0.326 e. The summed E-state index contributed by atoms with van der Waals surface area (Å²) in [7, 11) is 0. The molecule has 0 bridgehead atoms. The summed E-state index contributed by atoms with van der Waals surface area (Å²) in [4.78, 5) is 17.7. The van der Waals surface area contributed by atoms with Crippen LogP contribution in [-0.2, 0) is 11.2 Å². The van der Waals surface area contributed by atoms with Gasteiger partial charge in [-0.3, -0.25) is 9.20 Å². The number of benzene rings is 2. The SMILES string of the molecule is Cc1cc(F)ccc1NC(=O)Cc1csc2nc(-c3ccc(F)cc3)cn12. The second-order valence-corrected chi connectivity index (χ2v) is 7.03. The molecule has 7 heteroatoms. The molecule has 0 spiro atoms. The third-order valence-corrected chi connectivity index (χ3v) is 5.12. The normalized spacial score (nSPS) is 11.1. The van der Waals surface area contributed by atoms with E-state index in [2.05, 4.69) is 10.3 Å². The lowest BCUT2D eigenvalue weighted by Crippen LogP contribution is -2.16. The Morgan fingerprint density at radius 1 is 1.15 bits per heavy atom. The van der Waals surface area contributed by atoms with Crippen molar-refractivity contribution in [1.82, 2.24) is 9.38 Å². The number of carbonyl (C=O) groups excluding carboxylic acids is 1. The van der Waals surface area contributed by atoms with Crippen molar-refractivity contribution in [3.05, 3.63) is 76.9 Å². The van der Waals surface area contributed by atoms with Crippen LogP contribution in [0.4, 0.5) is 14.5 Å². The molecule has 1 amide bonds. The fourth-order valence-corrected chi connectivity index (χ4v) is 3.72. The molecule has 2 aromatic carbocycles. The molecule has 0 atom stereocenters. The fraction of sp³-hybridized carbons (Fsp3) is 0.100. The number of amides is 1. The number of hydrogen-bond acceptors (Lipinski definition) is 3. The van der Waals surface area contributed by atoms with Gasteiger partial charge >= 0.3 is 0 Å². The van der Waals surface area contributed by atoms with Crippen LogP contribution >= 0.6 is 11.3 Å². The van der Waals surface area contributed by atoms with E-state index in [1.165, 1.54) is 35.6 Å². The lowest BCUT2D eigenvalue weighted by Gasteiger charge is -2.08. The summed E-state index contributed by atoms with van der Waals surface area (Å²) < 4.78 is 28.1. The van der Waals surface area contributed by atoms with E-state index < -0.39 is 0 Å². The molecule has 136 valence electrons. The maximum atomic E-state index is 13.2. The van der Waals surface area contributed by atoms with Gasteiger partial charge in [0.25, 0.3) is 0 Å². The van der Waals surface area contributed by atoms with Gasteiger partial charge in [0.05, 0.1) is 12.1 Å². The Balaban J connectivity index is 1.55. The number of fused-ring (bicyclic) bond motifs is 1. The van der Waals surface area contributed by atoms with Crippen LogP contribution < -0.4 is 5.32 Å². The molecule has 0 radical (unpaired) electrons. The Labute approximate surface area is 158 Å². The van der Waals surface area contributed by atoms with Crippen molar-refractivity contribution in [2.24, 2.45) is 0 Å². The summed E-state index contributed by atoms with van der Waals surface area (Å²) in [6, 6.07) is 10.4. The van der Waals surface area contributed by atoms with Crippen molar-refractivity contribution in [1.29, 1.82) is 0 Å². The Bertz CT molecular complexity index is 1130. The highest BCUT2D eigenvalue weighted by atomic mass is 32.1. The van der Waals surface area contributed by atoms with Crippen LogP contribution in [0.15, 0.2) is 54.0 Å². The van der Waals surface area contributed by atoms with E-state index >= 15 is 0 Å². The lowest BCUT2D eigenvalue weighted by molar-refractivity contribution is -0.115. The number of aromatic nitrogens is 2. The molecule has 2 heterocycles. The second kappa shape index (κ2) is 6.92. The largest absolute Gasteiger partial charge is 0.326 e. The molecule has 0 saturated heterocycles. The summed E-state index contributed by atoms with van der Waals surface area (Å²) in [6.45, 7) is 1.74. The fourth-order valence-electron chi connectivity index (χ4n) is 2.84. The van der Waals surface area contributed by atoms with E-state index in [1.807, 2.05) is 16.0 Å². The number of nitrogens with one attached hydrogen (secondary N) is 1. The average molecular weight is 383 g/mol. The molecule has 27 heavy (non-hydrogen) atoms. The van der Waals surface area contributed by atoms with Crippen molar-refractivity contribution in [2.45, 2.75) is 13.3 Å². The van der Waals surface area contributed by atoms with Gasteiger partial charge in [-0.15, -0.1) is 11.3 Å². The maximum Gasteiger partial charge on any atom is 0.230 e. The van der Waals surface area contributed by atoms with Gasteiger partial charge in [-0.25, -0.2) is 13.8 Å². The molecule has 0 aliphatic heterocycles. The van der Waals surface area contributed by atoms with E-state index in [4.69, 9.17) is 0 Å². The van der Waals surface area contributed by atoms with Crippen molar-refractivity contribution in [3.8, 4) is 11.3 Å². The summed E-state index contributed by atoms with van der Waals surface area (Å²) >= 11 is 1.43. The van der Waals surface area contributed by atoms with E-state index in [1.54, 1.807) is 25.1 Å². The smallest absolute Gasteiger partial charge is 0.230 e. The van der Waals surface area contributed by atoms with Gasteiger partial charge in [0.1, 0.15) is 11.6 Å². The molecular weight excluding hydrogens is 368 g/mol. The topological polar surface area (TPSA) is 46.4 Å². The monoisotopic (exact) mass is 383 g/mol. The number of halogens is 2. The molecule has 2 aromatic heterocycles. The highest BCUT2D eigenvalue weighted by Crippen LogP contribution is 2.24. The number of rotatable bonds is 4. The molecule has 0 aliphatic rings.